The minimum atomic E-state index is -0.467. The first-order chi connectivity index (χ1) is 14.1. The Hall–Kier alpha value is -2.27. The number of anilines is 2. The number of halogens is 1. The van der Waals surface area contributed by atoms with E-state index in [2.05, 4.69) is 52.0 Å². The van der Waals surface area contributed by atoms with Gasteiger partial charge in [-0.25, -0.2) is 0 Å². The molecule has 4 nitrogen and oxygen atoms in total. The summed E-state index contributed by atoms with van der Waals surface area (Å²) in [7, 11) is 0. The number of aryl methyl sites for hydroxylation is 1. The third kappa shape index (κ3) is 5.21. The Morgan fingerprint density at radius 1 is 1.07 bits per heavy atom. The molecule has 4 rings (SSSR count). The van der Waals surface area contributed by atoms with Crippen LogP contribution in [0.3, 0.4) is 0 Å². The highest BCUT2D eigenvalue weighted by molar-refractivity contribution is 6.30. The van der Waals surface area contributed by atoms with Crippen molar-refractivity contribution in [3.8, 4) is 0 Å². The van der Waals surface area contributed by atoms with Crippen molar-refractivity contribution >= 4 is 29.1 Å². The molecule has 2 aliphatic rings. The van der Waals surface area contributed by atoms with Crippen molar-refractivity contribution in [2.45, 2.75) is 18.9 Å². The lowest BCUT2D eigenvalue weighted by Gasteiger charge is -2.36. The molecule has 152 valence electrons. The predicted molar refractivity (Wildman–Crippen MR) is 123 cm³/mol. The Balaban J connectivity index is 1.27. The van der Waals surface area contributed by atoms with E-state index in [1.165, 1.54) is 11.3 Å². The van der Waals surface area contributed by atoms with E-state index in [0.29, 0.717) is 6.54 Å². The quantitative estimate of drug-likeness (QED) is 0.767. The molecule has 2 N–H and O–H groups in total. The van der Waals surface area contributed by atoms with Crippen LogP contribution in [0.4, 0.5) is 11.4 Å². The molecule has 2 aromatic carbocycles. The average molecular weight is 410 g/mol. The van der Waals surface area contributed by atoms with Gasteiger partial charge in [0.1, 0.15) is 0 Å². The van der Waals surface area contributed by atoms with E-state index in [-0.39, 0.29) is 0 Å². The molecular weight excluding hydrogens is 382 g/mol. The summed E-state index contributed by atoms with van der Waals surface area (Å²) >= 11 is 5.98. The molecule has 0 aliphatic carbocycles. The Morgan fingerprint density at radius 2 is 1.83 bits per heavy atom. The molecule has 2 aromatic rings. The Kier molecular flexibility index (Phi) is 6.24. The Labute approximate surface area is 178 Å². The number of allylic oxidation sites excluding steroid dienone is 1. The van der Waals surface area contributed by atoms with Crippen LogP contribution in [0.5, 0.6) is 0 Å². The number of nitrogens with zero attached hydrogens (tertiary/aromatic N) is 2. The lowest BCUT2D eigenvalue weighted by Crippen LogP contribution is -2.48. The van der Waals surface area contributed by atoms with E-state index in [1.54, 1.807) is 0 Å². The molecule has 1 atom stereocenters. The second-order valence-corrected chi connectivity index (χ2v) is 8.27. The van der Waals surface area contributed by atoms with Gasteiger partial charge in [0.2, 0.25) is 0 Å². The maximum atomic E-state index is 10.5. The number of rotatable bonds is 5. The third-order valence-electron chi connectivity index (χ3n) is 5.66. The highest BCUT2D eigenvalue weighted by Crippen LogP contribution is 2.27. The fourth-order valence-corrected chi connectivity index (χ4v) is 4.10. The molecule has 0 spiro atoms. The van der Waals surface area contributed by atoms with Crippen molar-refractivity contribution in [2.24, 2.45) is 0 Å². The number of aliphatic hydroxyl groups excluding tert-OH is 1. The monoisotopic (exact) mass is 409 g/mol. The number of hydrogen-bond donors (Lipinski definition) is 2. The van der Waals surface area contributed by atoms with Gasteiger partial charge in [0.15, 0.2) is 0 Å². The summed E-state index contributed by atoms with van der Waals surface area (Å²) in [5.41, 5.74) is 5.88. The standard InChI is InChI=1S/C24H28ClN3O/c1-18-2-5-20-16-19(4-11-24(20)26-18)3-10-23(29)17-27-12-14-28(15-13-27)22-8-6-21(25)7-9-22/h3-4,6-11,16,23,26,29H,1-2,5,12-15,17H2/b10-3+/t23-/m0/s1. The van der Waals surface area contributed by atoms with Crippen molar-refractivity contribution in [3.63, 3.8) is 0 Å². The second kappa shape index (κ2) is 9.04. The van der Waals surface area contributed by atoms with Gasteiger partial charge in [-0.2, -0.15) is 0 Å². The van der Waals surface area contributed by atoms with E-state index in [1.807, 2.05) is 24.3 Å². The van der Waals surface area contributed by atoms with E-state index in [0.717, 1.165) is 61.0 Å². The van der Waals surface area contributed by atoms with Crippen LogP contribution in [-0.2, 0) is 6.42 Å². The molecule has 5 heteroatoms. The van der Waals surface area contributed by atoms with E-state index >= 15 is 0 Å². The molecule has 29 heavy (non-hydrogen) atoms. The molecule has 0 unspecified atom stereocenters. The smallest absolute Gasteiger partial charge is 0.0851 e. The zero-order valence-electron chi connectivity index (χ0n) is 16.6. The van der Waals surface area contributed by atoms with Gasteiger partial charge in [-0.15, -0.1) is 0 Å². The molecule has 0 bridgehead atoms. The lowest BCUT2D eigenvalue weighted by atomic mass is 9.99. The second-order valence-electron chi connectivity index (χ2n) is 7.84. The summed E-state index contributed by atoms with van der Waals surface area (Å²) in [5.74, 6) is 0. The zero-order valence-corrected chi connectivity index (χ0v) is 17.4. The number of β-amino-alcohol motifs (C(OH)–C–C–N with tert-alkyl or cyclic N) is 1. The summed E-state index contributed by atoms with van der Waals surface area (Å²) in [6.07, 6.45) is 5.46. The first-order valence-corrected chi connectivity index (χ1v) is 10.6. The highest BCUT2D eigenvalue weighted by Gasteiger charge is 2.18. The molecule has 2 heterocycles. The lowest BCUT2D eigenvalue weighted by molar-refractivity contribution is 0.142. The molecule has 0 saturated carbocycles. The maximum Gasteiger partial charge on any atom is 0.0851 e. The number of piperazine rings is 1. The van der Waals surface area contributed by atoms with Crippen molar-refractivity contribution in [1.29, 1.82) is 0 Å². The van der Waals surface area contributed by atoms with Gasteiger partial charge < -0.3 is 15.3 Å². The van der Waals surface area contributed by atoms with Crippen LogP contribution in [0, 0.1) is 0 Å². The van der Waals surface area contributed by atoms with Gasteiger partial charge in [0.25, 0.3) is 0 Å². The highest BCUT2D eigenvalue weighted by atomic mass is 35.5. The normalized spacial score (nSPS) is 18.6. The molecule has 1 fully saturated rings. The summed E-state index contributed by atoms with van der Waals surface area (Å²) in [4.78, 5) is 4.69. The van der Waals surface area contributed by atoms with Crippen LogP contribution in [0.1, 0.15) is 17.5 Å². The van der Waals surface area contributed by atoms with Crippen LogP contribution in [0.2, 0.25) is 5.02 Å². The fourth-order valence-electron chi connectivity index (χ4n) is 3.97. The number of aliphatic hydroxyl groups is 1. The molecular formula is C24H28ClN3O. The average Bonchev–Trinajstić information content (AvgIpc) is 2.73. The SMILES string of the molecule is C=C1CCc2cc(/C=C/[C@H](O)CN3CCN(c4ccc(Cl)cc4)CC3)ccc2N1. The van der Waals surface area contributed by atoms with Gasteiger partial charge in [0.05, 0.1) is 6.10 Å². The van der Waals surface area contributed by atoms with Crippen molar-refractivity contribution in [2.75, 3.05) is 42.9 Å². The van der Waals surface area contributed by atoms with Gasteiger partial charge in [-0.3, -0.25) is 4.90 Å². The van der Waals surface area contributed by atoms with E-state index < -0.39 is 6.10 Å². The summed E-state index contributed by atoms with van der Waals surface area (Å²) in [6.45, 7) is 8.48. The fraction of sp³-hybridized carbons (Fsp3) is 0.333. The Bertz CT molecular complexity index is 885. The molecule has 2 aliphatic heterocycles. The van der Waals surface area contributed by atoms with Crippen LogP contribution >= 0.6 is 11.6 Å². The molecule has 1 saturated heterocycles. The number of fused-ring (bicyclic) bond motifs is 1. The zero-order chi connectivity index (χ0) is 20.2. The minimum Gasteiger partial charge on any atom is -0.388 e. The van der Waals surface area contributed by atoms with E-state index in [4.69, 9.17) is 11.6 Å². The largest absolute Gasteiger partial charge is 0.388 e. The predicted octanol–water partition coefficient (Wildman–Crippen LogP) is 4.41. The van der Waals surface area contributed by atoms with Crippen LogP contribution in [0.25, 0.3) is 6.08 Å². The molecule has 0 aromatic heterocycles. The maximum absolute atomic E-state index is 10.5. The van der Waals surface area contributed by atoms with Crippen molar-refractivity contribution in [3.05, 3.63) is 77.0 Å². The first-order valence-electron chi connectivity index (χ1n) is 10.2. The number of benzene rings is 2. The summed E-state index contributed by atoms with van der Waals surface area (Å²) < 4.78 is 0. The van der Waals surface area contributed by atoms with Crippen LogP contribution < -0.4 is 10.2 Å². The molecule has 0 amide bonds. The van der Waals surface area contributed by atoms with Gasteiger partial charge >= 0.3 is 0 Å². The van der Waals surface area contributed by atoms with Crippen LogP contribution in [-0.4, -0.2) is 48.8 Å². The Morgan fingerprint density at radius 3 is 2.59 bits per heavy atom. The van der Waals surface area contributed by atoms with Gasteiger partial charge in [-0.05, 0) is 60.4 Å². The minimum absolute atomic E-state index is 0.467. The topological polar surface area (TPSA) is 38.7 Å². The third-order valence-corrected chi connectivity index (χ3v) is 5.91. The van der Waals surface area contributed by atoms with Gasteiger partial charge in [0, 0.05) is 54.8 Å². The summed E-state index contributed by atoms with van der Waals surface area (Å²) in [6, 6.07) is 14.4. The number of hydrogen-bond acceptors (Lipinski definition) is 4. The van der Waals surface area contributed by atoms with E-state index in [9.17, 15) is 5.11 Å². The summed E-state index contributed by atoms with van der Waals surface area (Å²) in [5, 5.41) is 14.6. The number of nitrogens with one attached hydrogen (secondary N) is 1. The van der Waals surface area contributed by atoms with Gasteiger partial charge in [-0.1, -0.05) is 36.4 Å². The van der Waals surface area contributed by atoms with Crippen molar-refractivity contribution < 1.29 is 5.11 Å². The molecule has 0 radical (unpaired) electrons. The first kappa shape index (κ1) is 20.0. The van der Waals surface area contributed by atoms with Crippen molar-refractivity contribution in [1.82, 2.24) is 4.90 Å². The van der Waals surface area contributed by atoms with Crippen LogP contribution in [0.15, 0.2) is 60.8 Å².